The van der Waals surface area contributed by atoms with Gasteiger partial charge in [0.1, 0.15) is 10.4 Å². The molecule has 96 valence electrons. The zero-order chi connectivity index (χ0) is 13.4. The number of hydrogen-bond donors (Lipinski definition) is 0. The molecule has 3 aromatic rings. The van der Waals surface area contributed by atoms with Gasteiger partial charge in [0.2, 0.25) is 0 Å². The summed E-state index contributed by atoms with van der Waals surface area (Å²) in [6.45, 7) is 4.22. The lowest BCUT2D eigenvalue weighted by Crippen LogP contribution is -1.99. The lowest BCUT2D eigenvalue weighted by molar-refractivity contribution is 0.771. The summed E-state index contributed by atoms with van der Waals surface area (Å²) in [5.74, 6) is 1.19. The third-order valence-electron chi connectivity index (χ3n) is 2.98. The van der Waals surface area contributed by atoms with E-state index in [1.165, 1.54) is 15.6 Å². The molecule has 0 atom stereocenters. The van der Waals surface area contributed by atoms with Crippen molar-refractivity contribution in [3.63, 3.8) is 0 Å². The van der Waals surface area contributed by atoms with E-state index in [0.29, 0.717) is 5.92 Å². The first-order valence-corrected chi connectivity index (χ1v) is 7.83. The minimum absolute atomic E-state index is 0.318. The van der Waals surface area contributed by atoms with Gasteiger partial charge in [-0.1, -0.05) is 32.0 Å². The smallest absolute Gasteiger partial charge is 0.132 e. The minimum atomic E-state index is 0.318. The molecule has 0 saturated carbocycles. The summed E-state index contributed by atoms with van der Waals surface area (Å²) in [6, 6.07) is 10.5. The molecule has 0 unspecified atom stereocenters. The summed E-state index contributed by atoms with van der Waals surface area (Å²) < 4.78 is 2.12. The SMILES string of the molecule is CC(C)c1nc(Br)cc(-c2cccc3ccsc23)n1. The molecule has 0 N–H and O–H groups in total. The molecule has 2 heterocycles. The first-order chi connectivity index (χ1) is 9.15. The number of benzene rings is 1. The maximum Gasteiger partial charge on any atom is 0.132 e. The standard InChI is InChI=1S/C15H13BrN2S/c1-9(2)15-17-12(8-13(16)18-15)11-5-3-4-10-6-7-19-14(10)11/h3-9H,1-2H3. The van der Waals surface area contributed by atoms with E-state index in [4.69, 9.17) is 4.98 Å². The molecule has 2 nitrogen and oxygen atoms in total. The summed E-state index contributed by atoms with van der Waals surface area (Å²) in [6.07, 6.45) is 0. The average molecular weight is 333 g/mol. The molecule has 0 radical (unpaired) electrons. The van der Waals surface area contributed by atoms with Gasteiger partial charge in [-0.2, -0.15) is 0 Å². The van der Waals surface area contributed by atoms with Crippen LogP contribution in [0.2, 0.25) is 0 Å². The van der Waals surface area contributed by atoms with Gasteiger partial charge in [0.25, 0.3) is 0 Å². The van der Waals surface area contributed by atoms with Crippen LogP contribution in [-0.4, -0.2) is 9.97 Å². The minimum Gasteiger partial charge on any atom is -0.232 e. The van der Waals surface area contributed by atoms with Gasteiger partial charge in [-0.15, -0.1) is 11.3 Å². The van der Waals surface area contributed by atoms with Gasteiger partial charge in [0, 0.05) is 16.2 Å². The summed E-state index contributed by atoms with van der Waals surface area (Å²) in [7, 11) is 0. The molecule has 4 heteroatoms. The van der Waals surface area contributed by atoms with Crippen molar-refractivity contribution in [2.75, 3.05) is 0 Å². The molecule has 0 aliphatic heterocycles. The van der Waals surface area contributed by atoms with Crippen molar-refractivity contribution < 1.29 is 0 Å². The van der Waals surface area contributed by atoms with Gasteiger partial charge in [-0.25, -0.2) is 9.97 Å². The fourth-order valence-electron chi connectivity index (χ4n) is 2.03. The molecule has 19 heavy (non-hydrogen) atoms. The fourth-order valence-corrected chi connectivity index (χ4v) is 3.35. The molecule has 0 bridgehead atoms. The van der Waals surface area contributed by atoms with E-state index >= 15 is 0 Å². The van der Waals surface area contributed by atoms with Crippen LogP contribution in [0.25, 0.3) is 21.3 Å². The Morgan fingerprint density at radius 2 is 2.00 bits per heavy atom. The van der Waals surface area contributed by atoms with E-state index in [1.54, 1.807) is 11.3 Å². The second-order valence-electron chi connectivity index (χ2n) is 4.73. The van der Waals surface area contributed by atoms with Gasteiger partial charge >= 0.3 is 0 Å². The predicted molar refractivity (Wildman–Crippen MR) is 84.6 cm³/mol. The Morgan fingerprint density at radius 1 is 1.16 bits per heavy atom. The maximum absolute atomic E-state index is 4.70. The molecular weight excluding hydrogens is 320 g/mol. The van der Waals surface area contributed by atoms with Crippen LogP contribution in [0.4, 0.5) is 0 Å². The molecule has 0 aliphatic rings. The highest BCUT2D eigenvalue weighted by Crippen LogP contribution is 2.32. The lowest BCUT2D eigenvalue weighted by Gasteiger charge is -2.08. The summed E-state index contributed by atoms with van der Waals surface area (Å²) in [4.78, 5) is 9.13. The van der Waals surface area contributed by atoms with Crippen LogP contribution >= 0.6 is 27.3 Å². The summed E-state index contributed by atoms with van der Waals surface area (Å²) in [5.41, 5.74) is 2.16. The van der Waals surface area contributed by atoms with Gasteiger partial charge < -0.3 is 0 Å². The predicted octanol–water partition coefficient (Wildman–Crippen LogP) is 5.24. The molecule has 0 saturated heterocycles. The molecule has 0 fully saturated rings. The van der Waals surface area contributed by atoms with Gasteiger partial charge in [0.15, 0.2) is 0 Å². The van der Waals surface area contributed by atoms with Gasteiger partial charge in [0.05, 0.1) is 5.69 Å². The normalized spacial score (nSPS) is 11.4. The van der Waals surface area contributed by atoms with E-state index in [9.17, 15) is 0 Å². The Balaban J connectivity index is 2.24. The van der Waals surface area contributed by atoms with Gasteiger partial charge in [-0.3, -0.25) is 0 Å². The number of halogens is 1. The van der Waals surface area contributed by atoms with E-state index in [0.717, 1.165) is 16.1 Å². The summed E-state index contributed by atoms with van der Waals surface area (Å²) >= 11 is 5.24. The Morgan fingerprint density at radius 3 is 2.79 bits per heavy atom. The van der Waals surface area contributed by atoms with E-state index < -0.39 is 0 Å². The van der Waals surface area contributed by atoms with Crippen molar-refractivity contribution >= 4 is 37.4 Å². The van der Waals surface area contributed by atoms with Crippen molar-refractivity contribution in [1.82, 2.24) is 9.97 Å². The third kappa shape index (κ3) is 2.42. The number of aromatic nitrogens is 2. The van der Waals surface area contributed by atoms with Crippen molar-refractivity contribution in [3.8, 4) is 11.3 Å². The Kier molecular flexibility index (Phi) is 3.37. The zero-order valence-corrected chi connectivity index (χ0v) is 13.1. The maximum atomic E-state index is 4.70. The molecule has 2 aromatic heterocycles. The van der Waals surface area contributed by atoms with E-state index in [2.05, 4.69) is 64.4 Å². The molecule has 3 rings (SSSR count). The quantitative estimate of drug-likeness (QED) is 0.599. The number of fused-ring (bicyclic) bond motifs is 1. The monoisotopic (exact) mass is 332 g/mol. The number of nitrogens with zero attached hydrogens (tertiary/aromatic N) is 2. The Hall–Kier alpha value is -1.26. The van der Waals surface area contributed by atoms with Crippen LogP contribution in [0.5, 0.6) is 0 Å². The Labute approximate surface area is 124 Å². The van der Waals surface area contributed by atoms with Gasteiger partial charge in [-0.05, 0) is 38.8 Å². The fraction of sp³-hybridized carbons (Fsp3) is 0.200. The number of hydrogen-bond acceptors (Lipinski definition) is 3. The van der Waals surface area contributed by atoms with Crippen molar-refractivity contribution in [2.45, 2.75) is 19.8 Å². The largest absolute Gasteiger partial charge is 0.232 e. The van der Waals surface area contributed by atoms with E-state index in [1.807, 2.05) is 6.07 Å². The lowest BCUT2D eigenvalue weighted by atomic mass is 10.1. The summed E-state index contributed by atoms with van der Waals surface area (Å²) in [5, 5.41) is 3.39. The van der Waals surface area contributed by atoms with E-state index in [-0.39, 0.29) is 0 Å². The van der Waals surface area contributed by atoms with Crippen LogP contribution in [0, 0.1) is 0 Å². The highest BCUT2D eigenvalue weighted by atomic mass is 79.9. The first-order valence-electron chi connectivity index (χ1n) is 6.16. The molecule has 1 aromatic carbocycles. The topological polar surface area (TPSA) is 25.8 Å². The molecule has 0 amide bonds. The van der Waals surface area contributed by atoms with Crippen LogP contribution in [0.1, 0.15) is 25.6 Å². The van der Waals surface area contributed by atoms with Crippen LogP contribution < -0.4 is 0 Å². The van der Waals surface area contributed by atoms with Crippen LogP contribution in [0.3, 0.4) is 0 Å². The molecule has 0 aliphatic carbocycles. The second kappa shape index (κ2) is 5.02. The number of thiophene rings is 1. The average Bonchev–Trinajstić information content (AvgIpc) is 2.85. The van der Waals surface area contributed by atoms with Crippen LogP contribution in [-0.2, 0) is 0 Å². The zero-order valence-electron chi connectivity index (χ0n) is 10.7. The molecule has 0 spiro atoms. The van der Waals surface area contributed by atoms with Crippen molar-refractivity contribution in [1.29, 1.82) is 0 Å². The first kappa shape index (κ1) is 12.8. The van der Waals surface area contributed by atoms with Crippen LogP contribution in [0.15, 0.2) is 40.3 Å². The third-order valence-corrected chi connectivity index (χ3v) is 4.35. The molecular formula is C15H13BrN2S. The number of rotatable bonds is 2. The highest BCUT2D eigenvalue weighted by molar-refractivity contribution is 9.10. The van der Waals surface area contributed by atoms with Crippen molar-refractivity contribution in [3.05, 3.63) is 46.1 Å². The second-order valence-corrected chi connectivity index (χ2v) is 6.46. The Bertz CT molecular complexity index is 734. The van der Waals surface area contributed by atoms with Crippen molar-refractivity contribution in [2.24, 2.45) is 0 Å². The highest BCUT2D eigenvalue weighted by Gasteiger charge is 2.11.